The van der Waals surface area contributed by atoms with Gasteiger partial charge in [-0.3, -0.25) is 0 Å². The predicted molar refractivity (Wildman–Crippen MR) is 111 cm³/mol. The van der Waals surface area contributed by atoms with E-state index >= 15 is 0 Å². The zero-order valence-corrected chi connectivity index (χ0v) is 17.1. The predicted octanol–water partition coefficient (Wildman–Crippen LogP) is 7.62. The molecule has 2 aliphatic carbocycles. The highest BCUT2D eigenvalue weighted by Crippen LogP contribution is 2.44. The first kappa shape index (κ1) is 19.7. The normalized spacial score (nSPS) is 28.4. The van der Waals surface area contributed by atoms with E-state index in [4.69, 9.17) is 4.74 Å². The number of fused-ring (bicyclic) bond motifs is 1. The number of halogens is 2. The Kier molecular flexibility index (Phi) is 5.89. The molecule has 0 spiro atoms. The van der Waals surface area contributed by atoms with Crippen molar-refractivity contribution in [2.24, 2.45) is 17.8 Å². The minimum atomic E-state index is -0.890. The highest BCUT2D eigenvalue weighted by atomic mass is 19.2. The Morgan fingerprint density at radius 2 is 1.50 bits per heavy atom. The quantitative estimate of drug-likeness (QED) is 0.525. The Hall–Kier alpha value is -1.64. The van der Waals surface area contributed by atoms with E-state index in [1.54, 1.807) is 6.07 Å². The minimum Gasteiger partial charge on any atom is -0.494 e. The van der Waals surface area contributed by atoms with Crippen LogP contribution in [0.2, 0.25) is 0 Å². The number of benzene rings is 2. The molecular weight excluding hydrogens is 354 g/mol. The van der Waals surface area contributed by atoms with Crippen molar-refractivity contribution in [2.45, 2.75) is 70.6 Å². The molecule has 4 rings (SSSR count). The summed E-state index contributed by atoms with van der Waals surface area (Å²) in [7, 11) is 1.37. The van der Waals surface area contributed by atoms with Crippen LogP contribution in [0, 0.1) is 29.4 Å². The van der Waals surface area contributed by atoms with E-state index in [9.17, 15) is 8.78 Å². The highest BCUT2D eigenvalue weighted by Gasteiger charge is 2.31. The number of hydrogen-bond donors (Lipinski definition) is 0. The van der Waals surface area contributed by atoms with Gasteiger partial charge in [0.1, 0.15) is 0 Å². The molecule has 28 heavy (non-hydrogen) atoms. The molecule has 0 N–H and O–H groups in total. The van der Waals surface area contributed by atoms with Gasteiger partial charge >= 0.3 is 0 Å². The van der Waals surface area contributed by atoms with Crippen LogP contribution in [0.1, 0.15) is 76.2 Å². The molecule has 0 aliphatic heterocycles. The molecule has 0 heterocycles. The van der Waals surface area contributed by atoms with Gasteiger partial charge in [0.05, 0.1) is 7.11 Å². The van der Waals surface area contributed by atoms with Crippen LogP contribution in [0.5, 0.6) is 5.75 Å². The number of methoxy groups -OCH3 is 1. The molecular formula is C25H32F2O. The molecule has 0 amide bonds. The molecule has 1 nitrogen and oxygen atoms in total. The topological polar surface area (TPSA) is 9.23 Å². The van der Waals surface area contributed by atoms with Crippen molar-refractivity contribution in [2.75, 3.05) is 7.11 Å². The maximum absolute atomic E-state index is 14.5. The fourth-order valence-corrected chi connectivity index (χ4v) is 5.72. The molecule has 2 aliphatic rings. The van der Waals surface area contributed by atoms with E-state index in [2.05, 4.69) is 13.0 Å². The maximum atomic E-state index is 14.5. The lowest BCUT2D eigenvalue weighted by Crippen LogP contribution is -2.25. The van der Waals surface area contributed by atoms with Gasteiger partial charge in [0, 0.05) is 5.39 Å². The molecule has 0 saturated heterocycles. The molecule has 0 atom stereocenters. The molecule has 0 aromatic heterocycles. The van der Waals surface area contributed by atoms with E-state index < -0.39 is 11.6 Å². The van der Waals surface area contributed by atoms with Crippen molar-refractivity contribution in [1.29, 1.82) is 0 Å². The van der Waals surface area contributed by atoms with Crippen LogP contribution >= 0.6 is 0 Å². The second-order valence-electron chi connectivity index (χ2n) is 8.99. The van der Waals surface area contributed by atoms with Gasteiger partial charge in [-0.2, -0.15) is 4.39 Å². The Balaban J connectivity index is 1.44. The van der Waals surface area contributed by atoms with Gasteiger partial charge in [0.15, 0.2) is 11.6 Å². The van der Waals surface area contributed by atoms with Gasteiger partial charge in [0.2, 0.25) is 5.82 Å². The van der Waals surface area contributed by atoms with Gasteiger partial charge in [-0.25, -0.2) is 4.39 Å². The van der Waals surface area contributed by atoms with Gasteiger partial charge in [-0.1, -0.05) is 38.3 Å². The Morgan fingerprint density at radius 1 is 0.857 bits per heavy atom. The van der Waals surface area contributed by atoms with Crippen molar-refractivity contribution in [3.05, 3.63) is 41.5 Å². The Labute approximate surface area is 167 Å². The molecule has 0 radical (unpaired) electrons. The largest absolute Gasteiger partial charge is 0.494 e. The fourth-order valence-electron chi connectivity index (χ4n) is 5.72. The van der Waals surface area contributed by atoms with Crippen molar-refractivity contribution >= 4 is 10.8 Å². The van der Waals surface area contributed by atoms with Crippen LogP contribution in [-0.2, 0) is 0 Å². The molecule has 152 valence electrons. The van der Waals surface area contributed by atoms with Gasteiger partial charge < -0.3 is 4.74 Å². The average Bonchev–Trinajstić information content (AvgIpc) is 2.76. The van der Waals surface area contributed by atoms with Gasteiger partial charge in [-0.15, -0.1) is 0 Å². The smallest absolute Gasteiger partial charge is 0.201 e. The summed E-state index contributed by atoms with van der Waals surface area (Å²) < 4.78 is 33.6. The highest BCUT2D eigenvalue weighted by molar-refractivity contribution is 5.85. The number of hydrogen-bond acceptors (Lipinski definition) is 1. The summed E-state index contributed by atoms with van der Waals surface area (Å²) in [5.74, 6) is 1.50. The van der Waals surface area contributed by atoms with Crippen molar-refractivity contribution in [1.82, 2.24) is 0 Å². The van der Waals surface area contributed by atoms with Crippen LogP contribution in [0.25, 0.3) is 10.8 Å². The summed E-state index contributed by atoms with van der Waals surface area (Å²) in [5, 5.41) is 1.07. The van der Waals surface area contributed by atoms with E-state index in [0.717, 1.165) is 23.3 Å². The summed E-state index contributed by atoms with van der Waals surface area (Å²) in [6.07, 6.45) is 11.9. The van der Waals surface area contributed by atoms with E-state index in [0.29, 0.717) is 16.7 Å². The molecule has 2 saturated carbocycles. The molecule has 2 aromatic rings. The first-order chi connectivity index (χ1) is 13.6. The van der Waals surface area contributed by atoms with Gasteiger partial charge in [0.25, 0.3) is 0 Å². The molecule has 0 bridgehead atoms. The van der Waals surface area contributed by atoms with Crippen LogP contribution < -0.4 is 4.74 Å². The van der Waals surface area contributed by atoms with Crippen LogP contribution in [0.3, 0.4) is 0 Å². The monoisotopic (exact) mass is 386 g/mol. The number of ether oxygens (including phenoxy) is 1. The molecule has 2 aromatic carbocycles. The van der Waals surface area contributed by atoms with Crippen molar-refractivity contribution < 1.29 is 13.5 Å². The molecule has 2 fully saturated rings. The average molecular weight is 387 g/mol. The number of rotatable bonds is 4. The molecule has 3 heteroatoms. The summed E-state index contributed by atoms with van der Waals surface area (Å²) >= 11 is 0. The third kappa shape index (κ3) is 3.77. The van der Waals surface area contributed by atoms with Crippen LogP contribution in [-0.4, -0.2) is 7.11 Å². The Bertz CT molecular complexity index is 815. The summed E-state index contributed by atoms with van der Waals surface area (Å²) in [6.45, 7) is 2.32. The maximum Gasteiger partial charge on any atom is 0.201 e. The first-order valence-corrected chi connectivity index (χ1v) is 11.1. The second kappa shape index (κ2) is 8.39. The van der Waals surface area contributed by atoms with Gasteiger partial charge in [-0.05, 0) is 85.3 Å². The zero-order chi connectivity index (χ0) is 19.7. The summed E-state index contributed by atoms with van der Waals surface area (Å²) in [5.41, 5.74) is 1.16. The van der Waals surface area contributed by atoms with E-state index in [1.165, 1.54) is 64.9 Å². The SMILES string of the molecule is CCC1CCC(C2CCC(c3ccc4cc(OC)c(F)c(F)c4c3)CC2)CC1. The third-order valence-electron chi connectivity index (χ3n) is 7.61. The summed E-state index contributed by atoms with van der Waals surface area (Å²) in [4.78, 5) is 0. The second-order valence-corrected chi connectivity index (χ2v) is 8.99. The lowest BCUT2D eigenvalue weighted by Gasteiger charge is -2.38. The lowest BCUT2D eigenvalue weighted by molar-refractivity contribution is 0.158. The van der Waals surface area contributed by atoms with E-state index in [1.807, 2.05) is 12.1 Å². The summed E-state index contributed by atoms with van der Waals surface area (Å²) in [6, 6.07) is 7.45. The van der Waals surface area contributed by atoms with Crippen molar-refractivity contribution in [3.8, 4) is 5.75 Å². The van der Waals surface area contributed by atoms with E-state index in [-0.39, 0.29) is 5.75 Å². The third-order valence-corrected chi connectivity index (χ3v) is 7.61. The lowest BCUT2D eigenvalue weighted by atomic mass is 9.68. The molecule has 0 unspecified atom stereocenters. The zero-order valence-electron chi connectivity index (χ0n) is 17.1. The van der Waals surface area contributed by atoms with Crippen LogP contribution in [0.15, 0.2) is 24.3 Å². The first-order valence-electron chi connectivity index (χ1n) is 11.1. The van der Waals surface area contributed by atoms with Crippen LogP contribution in [0.4, 0.5) is 8.78 Å². The standard InChI is InChI=1S/C25H32F2O/c1-3-16-4-6-17(7-5-16)18-8-10-19(11-9-18)20-12-13-21-15-23(28-2)25(27)24(26)22(21)14-20/h12-19H,3-11H2,1-2H3. The minimum absolute atomic E-state index is 0.0314. The van der Waals surface area contributed by atoms with Crippen molar-refractivity contribution in [3.63, 3.8) is 0 Å². The Morgan fingerprint density at radius 3 is 2.11 bits per heavy atom. The fraction of sp³-hybridized carbons (Fsp3) is 0.600.